The average Bonchev–Trinajstić information content (AvgIpc) is 2.18. The number of alkyl halides is 1. The van der Waals surface area contributed by atoms with Crippen LogP contribution in [0, 0.1) is 20.2 Å². The largest absolute Gasteiger partial charge is 0.457 e. The topological polar surface area (TPSA) is 103 Å². The van der Waals surface area contributed by atoms with Crippen LogP contribution in [0.3, 0.4) is 0 Å². The summed E-state index contributed by atoms with van der Waals surface area (Å²) in [6.45, 7) is 0. The maximum absolute atomic E-state index is 13.8. The van der Waals surface area contributed by atoms with Crippen molar-refractivity contribution in [1.29, 1.82) is 0 Å². The van der Waals surface area contributed by atoms with Crippen molar-refractivity contribution in [2.45, 2.75) is 11.3 Å². The minimum absolute atomic E-state index is 0.379. The molecule has 0 aromatic carbocycles. The number of nitrogens with zero attached hydrogens (tertiary/aromatic N) is 2. The van der Waals surface area contributed by atoms with Crippen molar-refractivity contribution in [3.63, 3.8) is 0 Å². The molecule has 0 amide bonds. The van der Waals surface area contributed by atoms with E-state index in [9.17, 15) is 29.4 Å². The maximum Gasteiger partial charge on any atom is 0.457 e. The third-order valence-electron chi connectivity index (χ3n) is 2.09. The van der Waals surface area contributed by atoms with Gasteiger partial charge in [-0.05, 0) is 0 Å². The van der Waals surface area contributed by atoms with Crippen molar-refractivity contribution >= 4 is 6.29 Å². The molecule has 0 aromatic rings. The number of carbonyl (C=O) groups excluding carboxylic acids is 1. The van der Waals surface area contributed by atoms with E-state index in [-0.39, 0.29) is 6.29 Å². The average molecular weight is 216 g/mol. The Hall–Kier alpha value is -2.12. The Labute approximate surface area is 82.2 Å². The summed E-state index contributed by atoms with van der Waals surface area (Å²) in [5.41, 5.74) is -2.99. The molecule has 1 aliphatic carbocycles. The Morgan fingerprint density at radius 2 is 1.67 bits per heavy atom. The predicted octanol–water partition coefficient (Wildman–Crippen LogP) is 0.269. The van der Waals surface area contributed by atoms with Gasteiger partial charge in [0.1, 0.15) is 0 Å². The van der Waals surface area contributed by atoms with Gasteiger partial charge < -0.3 is 0 Å². The molecule has 0 heterocycles. The highest BCUT2D eigenvalue weighted by atomic mass is 19.1. The molecule has 0 aromatic heterocycles. The number of hydrogen-bond acceptors (Lipinski definition) is 5. The highest BCUT2D eigenvalue weighted by molar-refractivity contribution is 5.69. The van der Waals surface area contributed by atoms with Crippen LogP contribution in [-0.2, 0) is 4.79 Å². The lowest BCUT2D eigenvalue weighted by Crippen LogP contribution is -2.60. The summed E-state index contributed by atoms with van der Waals surface area (Å²) in [6.07, 6.45) is 2.51. The van der Waals surface area contributed by atoms with E-state index in [1.54, 1.807) is 0 Å². The Morgan fingerprint density at radius 3 is 2.00 bits per heavy atom. The van der Waals surface area contributed by atoms with E-state index < -0.39 is 21.2 Å². The Bertz CT molecular complexity index is 393. The maximum atomic E-state index is 13.8. The standard InChI is InChI=1S/C7H5FN2O5/c8-7(10(14)15)4-2-1-3-6(7,5-11)9(12)13/h1-5H. The minimum Gasteiger partial charge on any atom is -0.294 e. The van der Waals surface area contributed by atoms with Crippen molar-refractivity contribution in [2.24, 2.45) is 0 Å². The molecule has 0 fully saturated rings. The molecule has 0 N–H and O–H groups in total. The number of aldehydes is 1. The van der Waals surface area contributed by atoms with Crippen LogP contribution in [0.25, 0.3) is 0 Å². The molecule has 0 spiro atoms. The zero-order chi connectivity index (χ0) is 11.7. The molecule has 0 saturated heterocycles. The smallest absolute Gasteiger partial charge is 0.294 e. The summed E-state index contributed by atoms with van der Waals surface area (Å²) in [7, 11) is 0. The van der Waals surface area contributed by atoms with Crippen LogP contribution in [0.5, 0.6) is 0 Å². The van der Waals surface area contributed by atoms with Gasteiger partial charge in [0.05, 0.1) is 4.92 Å². The van der Waals surface area contributed by atoms with Crippen molar-refractivity contribution < 1.29 is 19.0 Å². The molecule has 0 aliphatic heterocycles. The Morgan fingerprint density at radius 1 is 1.13 bits per heavy atom. The predicted molar refractivity (Wildman–Crippen MR) is 44.9 cm³/mol. The van der Waals surface area contributed by atoms with Crippen molar-refractivity contribution in [2.75, 3.05) is 0 Å². The quantitative estimate of drug-likeness (QED) is 0.291. The summed E-state index contributed by atoms with van der Waals surface area (Å²) < 4.78 is 13.8. The lowest BCUT2D eigenvalue weighted by atomic mass is 9.86. The fourth-order valence-corrected chi connectivity index (χ4v) is 1.20. The first-order valence-electron chi connectivity index (χ1n) is 3.72. The van der Waals surface area contributed by atoms with Crippen molar-refractivity contribution in [3.05, 3.63) is 44.5 Å². The Kier molecular flexibility index (Phi) is 2.36. The Balaban J connectivity index is 3.43. The molecule has 1 rings (SSSR count). The molecule has 80 valence electrons. The van der Waals surface area contributed by atoms with E-state index in [4.69, 9.17) is 0 Å². The van der Waals surface area contributed by atoms with Gasteiger partial charge in [-0.3, -0.25) is 25.0 Å². The molecule has 2 atom stereocenters. The lowest BCUT2D eigenvalue weighted by Gasteiger charge is -2.23. The van der Waals surface area contributed by atoms with Crippen molar-refractivity contribution in [1.82, 2.24) is 0 Å². The lowest BCUT2D eigenvalue weighted by molar-refractivity contribution is -0.677. The highest BCUT2D eigenvalue weighted by Crippen LogP contribution is 2.34. The molecule has 2 unspecified atom stereocenters. The number of allylic oxidation sites excluding steroid dienone is 2. The van der Waals surface area contributed by atoms with Gasteiger partial charge in [-0.1, -0.05) is 12.2 Å². The number of nitro groups is 2. The van der Waals surface area contributed by atoms with Gasteiger partial charge in [-0.25, -0.2) is 0 Å². The van der Waals surface area contributed by atoms with E-state index in [1.165, 1.54) is 0 Å². The molecular formula is C7H5FN2O5. The van der Waals surface area contributed by atoms with Gasteiger partial charge in [0.25, 0.3) is 0 Å². The molecule has 0 radical (unpaired) electrons. The van der Waals surface area contributed by atoms with E-state index >= 15 is 0 Å². The van der Waals surface area contributed by atoms with Crippen LogP contribution in [0.4, 0.5) is 4.39 Å². The second-order valence-electron chi connectivity index (χ2n) is 2.85. The van der Waals surface area contributed by atoms with Gasteiger partial charge in [0.15, 0.2) is 0 Å². The normalized spacial score (nSPS) is 33.7. The summed E-state index contributed by atoms with van der Waals surface area (Å²) in [6, 6.07) is 0. The molecule has 8 heteroatoms. The number of halogens is 1. The third-order valence-corrected chi connectivity index (χ3v) is 2.09. The second-order valence-corrected chi connectivity index (χ2v) is 2.85. The van der Waals surface area contributed by atoms with Crippen LogP contribution >= 0.6 is 0 Å². The van der Waals surface area contributed by atoms with Crippen LogP contribution in [-0.4, -0.2) is 27.5 Å². The zero-order valence-electron chi connectivity index (χ0n) is 7.20. The number of rotatable bonds is 3. The molecule has 1 aliphatic rings. The summed E-state index contributed by atoms with van der Waals surface area (Å²) >= 11 is 0. The van der Waals surface area contributed by atoms with Crippen LogP contribution < -0.4 is 0 Å². The van der Waals surface area contributed by atoms with E-state index in [0.29, 0.717) is 12.2 Å². The first-order chi connectivity index (χ1) is 6.90. The molecule has 15 heavy (non-hydrogen) atoms. The van der Waals surface area contributed by atoms with E-state index in [2.05, 4.69) is 0 Å². The molecule has 7 nitrogen and oxygen atoms in total. The van der Waals surface area contributed by atoms with Crippen LogP contribution in [0.2, 0.25) is 0 Å². The summed E-state index contributed by atoms with van der Waals surface area (Å²) in [5, 5.41) is 21.0. The van der Waals surface area contributed by atoms with Gasteiger partial charge in [-0.15, -0.1) is 0 Å². The van der Waals surface area contributed by atoms with Crippen molar-refractivity contribution in [3.8, 4) is 0 Å². The van der Waals surface area contributed by atoms with Crippen LogP contribution in [0.15, 0.2) is 24.3 Å². The zero-order valence-corrected chi connectivity index (χ0v) is 7.20. The number of hydrogen-bond donors (Lipinski definition) is 0. The third kappa shape index (κ3) is 1.22. The van der Waals surface area contributed by atoms with Gasteiger partial charge in [0.2, 0.25) is 6.29 Å². The summed E-state index contributed by atoms with van der Waals surface area (Å²) in [5.74, 6) is -3.55. The SMILES string of the molecule is O=CC1([N+](=O)[O-])C=CC=CC1(F)[N+](=O)[O-]. The van der Waals surface area contributed by atoms with Gasteiger partial charge >= 0.3 is 11.3 Å². The second kappa shape index (κ2) is 3.23. The highest BCUT2D eigenvalue weighted by Gasteiger charge is 2.71. The molecule has 0 bridgehead atoms. The molecule has 0 saturated carbocycles. The van der Waals surface area contributed by atoms with Gasteiger partial charge in [0, 0.05) is 17.1 Å². The van der Waals surface area contributed by atoms with E-state index in [0.717, 1.165) is 12.2 Å². The first-order valence-corrected chi connectivity index (χ1v) is 3.72. The monoisotopic (exact) mass is 216 g/mol. The molecular weight excluding hydrogens is 211 g/mol. The fourth-order valence-electron chi connectivity index (χ4n) is 1.20. The fraction of sp³-hybridized carbons (Fsp3) is 0.286. The minimum atomic E-state index is -3.55. The van der Waals surface area contributed by atoms with Crippen LogP contribution in [0.1, 0.15) is 0 Å². The first kappa shape index (κ1) is 11.0. The summed E-state index contributed by atoms with van der Waals surface area (Å²) in [4.78, 5) is 28.8. The number of carbonyl (C=O) groups is 1. The van der Waals surface area contributed by atoms with Gasteiger partial charge in [-0.2, -0.15) is 4.39 Å². The van der Waals surface area contributed by atoms with E-state index in [1.807, 2.05) is 0 Å².